The van der Waals surface area contributed by atoms with Gasteiger partial charge in [0.2, 0.25) is 41.4 Å². The van der Waals surface area contributed by atoms with Crippen molar-refractivity contribution in [3.8, 4) is 0 Å². The van der Waals surface area contributed by atoms with Crippen molar-refractivity contribution < 1.29 is 48.6 Å². The van der Waals surface area contributed by atoms with Crippen LogP contribution < -0.4 is 43.4 Å². The molecule has 0 aromatic carbocycles. The van der Waals surface area contributed by atoms with Crippen LogP contribution in [0.15, 0.2) is 4.99 Å². The van der Waals surface area contributed by atoms with E-state index >= 15 is 0 Å². The zero-order chi connectivity index (χ0) is 46.8. The number of nitrogens with one attached hydrogen (secondary N) is 6. The van der Waals surface area contributed by atoms with E-state index in [9.17, 15) is 48.6 Å². The largest absolute Gasteiger partial charge is 0.481 e. The topological polar surface area (TPSA) is 320 Å². The van der Waals surface area contributed by atoms with Crippen LogP contribution in [0, 0.1) is 17.8 Å². The number of hydrogen-bond acceptors (Lipinski definition) is 12. The molecule has 2 saturated carbocycles. The minimum Gasteiger partial charge on any atom is -0.481 e. The second-order valence-electron chi connectivity index (χ2n) is 18.8. The molecule has 362 valence electrons. The molecule has 3 unspecified atom stereocenters. The van der Waals surface area contributed by atoms with Gasteiger partial charge in [-0.3, -0.25) is 43.3 Å². The number of rotatable bonds is 11. The minimum absolute atomic E-state index is 0.0397. The summed E-state index contributed by atoms with van der Waals surface area (Å²) < 4.78 is 0. The van der Waals surface area contributed by atoms with Crippen LogP contribution in [0.2, 0.25) is 0 Å². The Hall–Kier alpha value is -4.70. The van der Waals surface area contributed by atoms with Gasteiger partial charge in [0.15, 0.2) is 5.96 Å². The Labute approximate surface area is 384 Å². The second kappa shape index (κ2) is 23.2. The second-order valence-corrected chi connectivity index (χ2v) is 19.1. The van der Waals surface area contributed by atoms with E-state index in [1.807, 2.05) is 0 Å². The van der Waals surface area contributed by atoms with Crippen LogP contribution in [-0.4, -0.2) is 160 Å². The molecule has 10 atom stereocenters. The number of nitrogens with two attached hydrogens (primary N) is 2. The Kier molecular flexibility index (Phi) is 17.7. The van der Waals surface area contributed by atoms with E-state index < -0.39 is 102 Å². The standard InChI is InChI=1S/C43H69N11O10S/c44-43(45)46-15-3-8-28-36(58)50-30(20-35(56)57)38(60)49-29(18-23-11-13-25(55)14-12-23)37(59)52-32(22-65)42(64)54-17-5-10-34(54)40(62)51-31(19-24-21-47-27-7-2-1-6-26(24)27)41(63)53-16-4-9-33(53)39(61)48-28/h23-34,47,55,65H,1-22H2,(H,48,61)(H,49,60)(H,50,58)(H,51,62)(H,52,59)(H,56,57)(H4,44,45,46)/t23?,24?,25?,26?,27?,28-,29-,30-,31+,32-,33+,34+/m0/s1. The van der Waals surface area contributed by atoms with Crippen molar-refractivity contribution >= 4 is 65.9 Å². The van der Waals surface area contributed by atoms with E-state index in [-0.39, 0.29) is 68.9 Å². The molecule has 0 aromatic heterocycles. The fourth-order valence-corrected chi connectivity index (χ4v) is 11.1. The molecule has 65 heavy (non-hydrogen) atoms. The van der Waals surface area contributed by atoms with Crippen LogP contribution in [0.4, 0.5) is 0 Å². The van der Waals surface area contributed by atoms with Crippen LogP contribution in [0.5, 0.6) is 0 Å². The fourth-order valence-electron chi connectivity index (χ4n) is 10.9. The van der Waals surface area contributed by atoms with Gasteiger partial charge in [-0.25, -0.2) is 0 Å². The summed E-state index contributed by atoms with van der Waals surface area (Å²) in [6.07, 6.45) is 6.87. The number of aliphatic hydroxyl groups is 1. The summed E-state index contributed by atoms with van der Waals surface area (Å²) >= 11 is 4.41. The third kappa shape index (κ3) is 13.0. The summed E-state index contributed by atoms with van der Waals surface area (Å²) in [5.41, 5.74) is 11.0. The van der Waals surface area contributed by atoms with Gasteiger partial charge < -0.3 is 63.4 Å². The number of amides is 7. The van der Waals surface area contributed by atoms with E-state index in [0.29, 0.717) is 69.9 Å². The molecule has 6 rings (SSSR count). The highest BCUT2D eigenvalue weighted by atomic mass is 32.1. The Morgan fingerprint density at radius 1 is 0.662 bits per heavy atom. The Bertz CT molecular complexity index is 1800. The number of fused-ring (bicyclic) bond motifs is 3. The molecule has 0 radical (unpaired) electrons. The number of thiol groups is 1. The lowest BCUT2D eigenvalue weighted by Gasteiger charge is -2.34. The van der Waals surface area contributed by atoms with Crippen LogP contribution in [0.3, 0.4) is 0 Å². The number of carbonyl (C=O) groups excluding carboxylic acids is 7. The van der Waals surface area contributed by atoms with E-state index in [1.165, 1.54) is 9.80 Å². The predicted octanol–water partition coefficient (Wildman–Crippen LogP) is -2.03. The molecule has 6 fully saturated rings. The van der Waals surface area contributed by atoms with Crippen molar-refractivity contribution in [2.45, 2.75) is 164 Å². The number of aliphatic carboxylic acids is 1. The first-order valence-electron chi connectivity index (χ1n) is 23.6. The smallest absolute Gasteiger partial charge is 0.305 e. The summed E-state index contributed by atoms with van der Waals surface area (Å²) in [5.74, 6) is -6.40. The first-order valence-corrected chi connectivity index (χ1v) is 24.2. The lowest BCUT2D eigenvalue weighted by Crippen LogP contribution is -2.60. The van der Waals surface area contributed by atoms with Gasteiger partial charge in [0.05, 0.1) is 12.5 Å². The Balaban J connectivity index is 1.35. The maximum atomic E-state index is 14.8. The highest BCUT2D eigenvalue weighted by molar-refractivity contribution is 7.80. The van der Waals surface area contributed by atoms with Crippen molar-refractivity contribution in [3.05, 3.63) is 0 Å². The number of aliphatic imine (C=N–C) groups is 1. The van der Waals surface area contributed by atoms with Crippen molar-refractivity contribution in [1.29, 1.82) is 0 Å². The predicted molar refractivity (Wildman–Crippen MR) is 240 cm³/mol. The molecule has 4 saturated heterocycles. The summed E-state index contributed by atoms with van der Waals surface area (Å²) in [4.78, 5) is 119. The van der Waals surface area contributed by atoms with Gasteiger partial charge in [-0.05, 0) is 114 Å². The fraction of sp³-hybridized carbons (Fsp3) is 0.791. The van der Waals surface area contributed by atoms with E-state index in [0.717, 1.165) is 25.7 Å². The number of carboxylic acids is 1. The average Bonchev–Trinajstić information content (AvgIpc) is 4.06. The molecular formula is C43H69N11O10S. The highest BCUT2D eigenvalue weighted by Crippen LogP contribution is 2.37. The van der Waals surface area contributed by atoms with Gasteiger partial charge in [-0.2, -0.15) is 12.6 Å². The van der Waals surface area contributed by atoms with Gasteiger partial charge >= 0.3 is 5.97 Å². The van der Waals surface area contributed by atoms with Crippen LogP contribution in [-0.2, 0) is 38.4 Å². The molecule has 7 amide bonds. The monoisotopic (exact) mass is 931 g/mol. The van der Waals surface area contributed by atoms with Crippen molar-refractivity contribution in [1.82, 2.24) is 41.7 Å². The highest BCUT2D eigenvalue weighted by Gasteiger charge is 2.46. The minimum atomic E-state index is -1.71. The number of carboxylic acid groups (broad SMARTS) is 1. The van der Waals surface area contributed by atoms with E-state index in [4.69, 9.17) is 11.5 Å². The molecule has 2 aliphatic carbocycles. The molecule has 4 aliphatic heterocycles. The third-order valence-corrected chi connectivity index (χ3v) is 14.7. The van der Waals surface area contributed by atoms with Gasteiger partial charge in [0, 0.05) is 31.4 Å². The number of hydrogen-bond donors (Lipinski definition) is 11. The van der Waals surface area contributed by atoms with Crippen LogP contribution in [0.25, 0.3) is 0 Å². The maximum absolute atomic E-state index is 14.8. The van der Waals surface area contributed by atoms with Gasteiger partial charge in [-0.15, -0.1) is 0 Å². The van der Waals surface area contributed by atoms with Crippen molar-refractivity contribution in [2.75, 3.05) is 31.9 Å². The summed E-state index contributed by atoms with van der Waals surface area (Å²) in [6.45, 7) is 1.16. The molecule has 4 heterocycles. The average molecular weight is 932 g/mol. The molecule has 12 N–H and O–H groups in total. The summed E-state index contributed by atoms with van der Waals surface area (Å²) in [5, 5.41) is 37.3. The van der Waals surface area contributed by atoms with Gasteiger partial charge in [0.25, 0.3) is 0 Å². The van der Waals surface area contributed by atoms with Crippen LogP contribution in [0.1, 0.15) is 109 Å². The van der Waals surface area contributed by atoms with Crippen LogP contribution >= 0.6 is 12.6 Å². The lowest BCUT2D eigenvalue weighted by molar-refractivity contribution is -0.144. The van der Waals surface area contributed by atoms with E-state index in [1.54, 1.807) is 0 Å². The zero-order valence-corrected chi connectivity index (χ0v) is 38.0. The number of carbonyl (C=O) groups is 8. The number of nitrogens with zero attached hydrogens (tertiary/aromatic N) is 3. The zero-order valence-electron chi connectivity index (χ0n) is 37.1. The lowest BCUT2D eigenvalue weighted by atomic mass is 9.77. The van der Waals surface area contributed by atoms with Crippen molar-refractivity contribution in [3.63, 3.8) is 0 Å². The normalized spacial score (nSPS) is 34.5. The Morgan fingerprint density at radius 2 is 1.22 bits per heavy atom. The molecular weight excluding hydrogens is 863 g/mol. The molecule has 6 aliphatic rings. The molecule has 22 heteroatoms. The van der Waals surface area contributed by atoms with Gasteiger partial charge in [0.1, 0.15) is 42.3 Å². The molecule has 0 aromatic rings. The maximum Gasteiger partial charge on any atom is 0.305 e. The first kappa shape index (κ1) is 49.7. The first-order chi connectivity index (χ1) is 31.1. The van der Waals surface area contributed by atoms with Crippen molar-refractivity contribution in [2.24, 2.45) is 34.2 Å². The SMILES string of the molecule is NC(N)=NCCC[C@@H]1NC(=O)[C@H]2CCCN2C(=O)[C@@H](CC2CNC3CCCCC23)NC(=O)[C@H]2CCCN2C(=O)[C@H](CS)NC(=O)[C@H](CC2CCC(O)CC2)NC(=O)[C@H](CC(=O)O)NC1=O. The number of aliphatic hydroxyl groups excluding tert-OH is 1. The molecule has 21 nitrogen and oxygen atoms in total. The summed E-state index contributed by atoms with van der Waals surface area (Å²) in [6, 6.07) is -8.30. The number of guanidine groups is 1. The van der Waals surface area contributed by atoms with Gasteiger partial charge in [-0.1, -0.05) is 12.8 Å². The third-order valence-electron chi connectivity index (χ3n) is 14.3. The molecule has 0 spiro atoms. The Morgan fingerprint density at radius 3 is 1.85 bits per heavy atom. The molecule has 0 bridgehead atoms. The quantitative estimate of drug-likeness (QED) is 0.0462. The van der Waals surface area contributed by atoms with E-state index in [2.05, 4.69) is 49.5 Å². The summed E-state index contributed by atoms with van der Waals surface area (Å²) in [7, 11) is 0.